The van der Waals surface area contributed by atoms with Gasteiger partial charge in [0.15, 0.2) is 0 Å². The molecule has 116 valence electrons. The van der Waals surface area contributed by atoms with Gasteiger partial charge in [-0.2, -0.15) is 0 Å². The van der Waals surface area contributed by atoms with E-state index in [0.29, 0.717) is 22.5 Å². The summed E-state index contributed by atoms with van der Waals surface area (Å²) in [5.74, 6) is -0.627. The summed E-state index contributed by atoms with van der Waals surface area (Å²) in [6.45, 7) is 1.89. The van der Waals surface area contributed by atoms with E-state index in [9.17, 15) is 9.18 Å². The molecule has 4 heteroatoms. The van der Waals surface area contributed by atoms with Gasteiger partial charge in [0.05, 0.1) is 5.69 Å². The summed E-state index contributed by atoms with van der Waals surface area (Å²) >= 11 is 0. The van der Waals surface area contributed by atoms with E-state index in [2.05, 4.69) is 4.98 Å². The second-order valence-corrected chi connectivity index (χ2v) is 5.53. The Balaban J connectivity index is 1.88. The van der Waals surface area contributed by atoms with E-state index in [1.54, 1.807) is 30.3 Å². The SMILES string of the molecule is CC(c1ccc(C(=O)c2ccccc2)[nH]1)c1ccc(N)cc1F. The Kier molecular flexibility index (Phi) is 3.98. The van der Waals surface area contributed by atoms with Gasteiger partial charge in [0, 0.05) is 22.9 Å². The van der Waals surface area contributed by atoms with Gasteiger partial charge in [-0.25, -0.2) is 4.39 Å². The van der Waals surface area contributed by atoms with Gasteiger partial charge < -0.3 is 10.7 Å². The molecule has 3 rings (SSSR count). The van der Waals surface area contributed by atoms with Crippen molar-refractivity contribution in [3.8, 4) is 0 Å². The minimum atomic E-state index is -0.344. The molecule has 0 bridgehead atoms. The van der Waals surface area contributed by atoms with Crippen molar-refractivity contribution in [1.29, 1.82) is 0 Å². The highest BCUT2D eigenvalue weighted by Gasteiger charge is 2.17. The van der Waals surface area contributed by atoms with Crippen LogP contribution in [0.25, 0.3) is 0 Å². The molecule has 1 atom stereocenters. The average Bonchev–Trinajstić information content (AvgIpc) is 3.04. The second-order valence-electron chi connectivity index (χ2n) is 5.53. The smallest absolute Gasteiger partial charge is 0.209 e. The Morgan fingerprint density at radius 2 is 1.83 bits per heavy atom. The van der Waals surface area contributed by atoms with Crippen LogP contribution in [-0.4, -0.2) is 10.8 Å². The molecule has 3 aromatic rings. The van der Waals surface area contributed by atoms with Gasteiger partial charge in [-0.1, -0.05) is 43.3 Å². The van der Waals surface area contributed by atoms with Crippen molar-refractivity contribution in [2.75, 3.05) is 5.73 Å². The number of aromatic nitrogens is 1. The lowest BCUT2D eigenvalue weighted by molar-refractivity contribution is 0.103. The zero-order chi connectivity index (χ0) is 16.4. The lowest BCUT2D eigenvalue weighted by Crippen LogP contribution is -2.04. The van der Waals surface area contributed by atoms with Crippen molar-refractivity contribution in [1.82, 2.24) is 4.98 Å². The van der Waals surface area contributed by atoms with Crippen molar-refractivity contribution >= 4 is 11.5 Å². The van der Waals surface area contributed by atoms with E-state index in [1.807, 2.05) is 31.2 Å². The molecule has 0 spiro atoms. The zero-order valence-electron chi connectivity index (χ0n) is 12.7. The van der Waals surface area contributed by atoms with Crippen LogP contribution in [0.2, 0.25) is 0 Å². The molecule has 1 unspecified atom stereocenters. The van der Waals surface area contributed by atoms with Gasteiger partial charge >= 0.3 is 0 Å². The topological polar surface area (TPSA) is 58.9 Å². The minimum Gasteiger partial charge on any atom is -0.399 e. The summed E-state index contributed by atoms with van der Waals surface area (Å²) < 4.78 is 14.1. The fourth-order valence-electron chi connectivity index (χ4n) is 2.60. The first kappa shape index (κ1) is 15.0. The highest BCUT2D eigenvalue weighted by Crippen LogP contribution is 2.27. The lowest BCUT2D eigenvalue weighted by Gasteiger charge is -2.12. The summed E-state index contributed by atoms with van der Waals surface area (Å²) in [7, 11) is 0. The predicted molar refractivity (Wildman–Crippen MR) is 89.0 cm³/mol. The standard InChI is InChI=1S/C19H17FN2O/c1-12(15-8-7-14(21)11-16(15)20)17-9-10-18(22-17)19(23)13-5-3-2-4-6-13/h2-12,22H,21H2,1H3. The number of anilines is 1. The number of carbonyl (C=O) groups excluding carboxylic acids is 1. The third-order valence-electron chi connectivity index (χ3n) is 3.95. The maximum Gasteiger partial charge on any atom is 0.209 e. The van der Waals surface area contributed by atoms with E-state index in [0.717, 1.165) is 5.69 Å². The van der Waals surface area contributed by atoms with Crippen molar-refractivity contribution in [2.24, 2.45) is 0 Å². The van der Waals surface area contributed by atoms with Crippen molar-refractivity contribution in [3.63, 3.8) is 0 Å². The van der Waals surface area contributed by atoms with Crippen LogP contribution in [0.4, 0.5) is 10.1 Å². The molecule has 0 aliphatic carbocycles. The first-order valence-electron chi connectivity index (χ1n) is 7.40. The number of hydrogen-bond acceptors (Lipinski definition) is 2. The molecule has 0 aliphatic rings. The van der Waals surface area contributed by atoms with E-state index in [4.69, 9.17) is 5.73 Å². The molecule has 0 aliphatic heterocycles. The molecule has 23 heavy (non-hydrogen) atoms. The number of rotatable bonds is 4. The number of ketones is 1. The number of nitrogen functional groups attached to an aromatic ring is 1. The van der Waals surface area contributed by atoms with Gasteiger partial charge in [0.25, 0.3) is 0 Å². The maximum absolute atomic E-state index is 14.1. The second kappa shape index (κ2) is 6.08. The van der Waals surface area contributed by atoms with Crippen LogP contribution in [0.3, 0.4) is 0 Å². The molecular formula is C19H17FN2O. The highest BCUT2D eigenvalue weighted by molar-refractivity contribution is 6.07. The average molecular weight is 308 g/mol. The van der Waals surface area contributed by atoms with Crippen LogP contribution in [0.1, 0.15) is 40.2 Å². The van der Waals surface area contributed by atoms with Gasteiger partial charge in [0.1, 0.15) is 5.82 Å². The Hall–Kier alpha value is -2.88. The Morgan fingerprint density at radius 3 is 2.52 bits per heavy atom. The number of nitrogens with one attached hydrogen (secondary N) is 1. The Bertz CT molecular complexity index is 840. The Labute approximate surface area is 134 Å². The molecule has 0 amide bonds. The largest absolute Gasteiger partial charge is 0.399 e. The quantitative estimate of drug-likeness (QED) is 0.562. The van der Waals surface area contributed by atoms with Gasteiger partial charge in [-0.3, -0.25) is 4.79 Å². The molecule has 0 radical (unpaired) electrons. The summed E-state index contributed by atoms with van der Waals surface area (Å²) in [6, 6.07) is 17.3. The van der Waals surface area contributed by atoms with Crippen molar-refractivity contribution in [3.05, 3.63) is 89.0 Å². The summed E-state index contributed by atoms with van der Waals surface area (Å²) in [4.78, 5) is 15.5. The molecule has 0 saturated heterocycles. The molecule has 2 aromatic carbocycles. The zero-order valence-corrected chi connectivity index (χ0v) is 12.7. The molecule has 3 N–H and O–H groups in total. The number of carbonyl (C=O) groups is 1. The van der Waals surface area contributed by atoms with E-state index < -0.39 is 0 Å². The molecule has 0 saturated carbocycles. The van der Waals surface area contributed by atoms with Crippen LogP contribution in [-0.2, 0) is 0 Å². The van der Waals surface area contributed by atoms with Gasteiger partial charge in [-0.15, -0.1) is 0 Å². The summed E-state index contributed by atoms with van der Waals surface area (Å²) in [5.41, 5.74) is 8.41. The fourth-order valence-corrected chi connectivity index (χ4v) is 2.60. The lowest BCUT2D eigenvalue weighted by atomic mass is 9.97. The number of benzene rings is 2. The third-order valence-corrected chi connectivity index (χ3v) is 3.95. The Morgan fingerprint density at radius 1 is 1.09 bits per heavy atom. The molecule has 3 nitrogen and oxygen atoms in total. The van der Waals surface area contributed by atoms with E-state index in [-0.39, 0.29) is 17.5 Å². The van der Waals surface area contributed by atoms with Crippen LogP contribution >= 0.6 is 0 Å². The monoisotopic (exact) mass is 308 g/mol. The fraction of sp³-hybridized carbons (Fsp3) is 0.105. The normalized spacial score (nSPS) is 12.1. The summed E-state index contributed by atoms with van der Waals surface area (Å²) in [5, 5.41) is 0. The van der Waals surface area contributed by atoms with Crippen LogP contribution in [0.15, 0.2) is 60.7 Å². The van der Waals surface area contributed by atoms with Gasteiger partial charge in [-0.05, 0) is 29.8 Å². The molecule has 1 aromatic heterocycles. The number of H-pyrrole nitrogens is 1. The van der Waals surface area contributed by atoms with E-state index in [1.165, 1.54) is 6.07 Å². The predicted octanol–water partition coefficient (Wildman–Crippen LogP) is 4.12. The highest BCUT2D eigenvalue weighted by atomic mass is 19.1. The first-order valence-corrected chi connectivity index (χ1v) is 7.40. The maximum atomic E-state index is 14.1. The minimum absolute atomic E-state index is 0.0816. The third kappa shape index (κ3) is 3.01. The number of halogens is 1. The first-order chi connectivity index (χ1) is 11.1. The molecule has 1 heterocycles. The number of nitrogens with two attached hydrogens (primary N) is 1. The van der Waals surface area contributed by atoms with E-state index >= 15 is 0 Å². The van der Waals surface area contributed by atoms with Gasteiger partial charge in [0.2, 0.25) is 5.78 Å². The van der Waals surface area contributed by atoms with Crippen LogP contribution < -0.4 is 5.73 Å². The molecule has 0 fully saturated rings. The van der Waals surface area contributed by atoms with Crippen molar-refractivity contribution in [2.45, 2.75) is 12.8 Å². The van der Waals surface area contributed by atoms with Crippen molar-refractivity contribution < 1.29 is 9.18 Å². The number of hydrogen-bond donors (Lipinski definition) is 2. The molecular weight excluding hydrogens is 291 g/mol. The summed E-state index contributed by atoms with van der Waals surface area (Å²) in [6.07, 6.45) is 0. The van der Waals surface area contributed by atoms with Crippen LogP contribution in [0, 0.1) is 5.82 Å². The van der Waals surface area contributed by atoms with Crippen LogP contribution in [0.5, 0.6) is 0 Å². The number of aromatic amines is 1.